The van der Waals surface area contributed by atoms with Gasteiger partial charge in [0.1, 0.15) is 5.75 Å². The predicted octanol–water partition coefficient (Wildman–Crippen LogP) is 11.8. The Hall–Kier alpha value is -5.66. The van der Waals surface area contributed by atoms with Crippen molar-refractivity contribution in [3.63, 3.8) is 0 Å². The van der Waals surface area contributed by atoms with Gasteiger partial charge in [0.15, 0.2) is 0 Å². The first-order chi connectivity index (χ1) is 21.8. The zero-order valence-corrected chi connectivity index (χ0v) is 24.5. The monoisotopic (exact) mass is 562 g/mol. The molecule has 0 aliphatic carbocycles. The van der Waals surface area contributed by atoms with Crippen LogP contribution in [0.5, 0.6) is 5.75 Å². The summed E-state index contributed by atoms with van der Waals surface area (Å²) in [6.45, 7) is 0. The zero-order chi connectivity index (χ0) is 29.5. The van der Waals surface area contributed by atoms with Crippen molar-refractivity contribution >= 4 is 32.3 Å². The molecular formula is C43H30O. The van der Waals surface area contributed by atoms with Crippen LogP contribution in [0.1, 0.15) is 0 Å². The summed E-state index contributed by atoms with van der Waals surface area (Å²) in [7, 11) is 1.71. The smallest absolute Gasteiger partial charge is 0.118 e. The van der Waals surface area contributed by atoms with Gasteiger partial charge >= 0.3 is 0 Å². The number of hydrogen-bond acceptors (Lipinski definition) is 1. The molecule has 8 rings (SSSR count). The molecule has 0 fully saturated rings. The molecule has 0 atom stereocenters. The first-order valence-electron chi connectivity index (χ1n) is 15.0. The lowest BCUT2D eigenvalue weighted by molar-refractivity contribution is 0.415. The summed E-state index contributed by atoms with van der Waals surface area (Å²) in [5, 5.41) is 7.49. The van der Waals surface area contributed by atoms with Gasteiger partial charge in [-0.1, -0.05) is 133 Å². The lowest BCUT2D eigenvalue weighted by Crippen LogP contribution is -1.92. The van der Waals surface area contributed by atoms with Crippen molar-refractivity contribution in [2.75, 3.05) is 7.11 Å². The van der Waals surface area contributed by atoms with E-state index in [2.05, 4.69) is 152 Å². The molecule has 0 aromatic heterocycles. The third kappa shape index (κ3) is 4.51. The van der Waals surface area contributed by atoms with Gasteiger partial charge in [0.25, 0.3) is 0 Å². The molecule has 0 amide bonds. The second-order valence-corrected chi connectivity index (χ2v) is 11.3. The van der Waals surface area contributed by atoms with Crippen LogP contribution in [0.15, 0.2) is 164 Å². The van der Waals surface area contributed by atoms with E-state index in [-0.39, 0.29) is 0 Å². The highest BCUT2D eigenvalue weighted by Gasteiger charge is 2.18. The minimum absolute atomic E-state index is 0.859. The summed E-state index contributed by atoms with van der Waals surface area (Å²) >= 11 is 0. The summed E-state index contributed by atoms with van der Waals surface area (Å²) in [5.74, 6) is 0.859. The van der Waals surface area contributed by atoms with Crippen LogP contribution in [0.3, 0.4) is 0 Å². The molecule has 0 spiro atoms. The minimum atomic E-state index is 0.859. The third-order valence-corrected chi connectivity index (χ3v) is 8.74. The highest BCUT2D eigenvalue weighted by atomic mass is 16.5. The van der Waals surface area contributed by atoms with Crippen LogP contribution in [-0.2, 0) is 0 Å². The zero-order valence-electron chi connectivity index (χ0n) is 24.5. The van der Waals surface area contributed by atoms with Crippen LogP contribution in [0.2, 0.25) is 0 Å². The molecule has 0 saturated heterocycles. The lowest BCUT2D eigenvalue weighted by atomic mass is 9.84. The topological polar surface area (TPSA) is 9.23 Å². The van der Waals surface area contributed by atoms with Gasteiger partial charge in [-0.2, -0.15) is 0 Å². The molecule has 0 N–H and O–H groups in total. The molecule has 0 radical (unpaired) electrons. The van der Waals surface area contributed by atoms with Crippen LogP contribution in [0.25, 0.3) is 76.8 Å². The molecule has 8 aromatic rings. The van der Waals surface area contributed by atoms with E-state index in [1.54, 1.807) is 7.11 Å². The Kier molecular flexibility index (Phi) is 6.43. The van der Waals surface area contributed by atoms with Gasteiger partial charge in [-0.05, 0) is 107 Å². The fourth-order valence-electron chi connectivity index (χ4n) is 6.59. The maximum absolute atomic E-state index is 5.44. The van der Waals surface area contributed by atoms with Gasteiger partial charge in [-0.3, -0.25) is 0 Å². The van der Waals surface area contributed by atoms with Crippen molar-refractivity contribution in [3.05, 3.63) is 164 Å². The summed E-state index contributed by atoms with van der Waals surface area (Å²) < 4.78 is 5.44. The van der Waals surface area contributed by atoms with Crippen LogP contribution in [0.4, 0.5) is 0 Å². The summed E-state index contributed by atoms with van der Waals surface area (Å²) in [6.07, 6.45) is 0. The molecule has 0 unspecified atom stereocenters. The lowest BCUT2D eigenvalue weighted by Gasteiger charge is -2.19. The van der Waals surface area contributed by atoms with Gasteiger partial charge in [0.05, 0.1) is 7.11 Å². The molecule has 8 aromatic carbocycles. The number of ether oxygens (including phenoxy) is 1. The Labute approximate surface area is 257 Å². The summed E-state index contributed by atoms with van der Waals surface area (Å²) in [4.78, 5) is 0. The average molecular weight is 563 g/mol. The highest BCUT2D eigenvalue weighted by Crippen LogP contribution is 2.45. The van der Waals surface area contributed by atoms with Crippen molar-refractivity contribution in [1.29, 1.82) is 0 Å². The van der Waals surface area contributed by atoms with Crippen LogP contribution >= 0.6 is 0 Å². The number of rotatable bonds is 5. The van der Waals surface area contributed by atoms with Crippen molar-refractivity contribution < 1.29 is 4.74 Å². The molecule has 0 heterocycles. The molecule has 208 valence electrons. The molecule has 44 heavy (non-hydrogen) atoms. The molecule has 1 nitrogen and oxygen atoms in total. The number of fused-ring (bicyclic) bond motifs is 3. The number of hydrogen-bond donors (Lipinski definition) is 0. The summed E-state index contributed by atoms with van der Waals surface area (Å²) in [6, 6.07) is 59.3. The van der Waals surface area contributed by atoms with Crippen LogP contribution in [-0.4, -0.2) is 7.11 Å². The van der Waals surface area contributed by atoms with Gasteiger partial charge < -0.3 is 4.74 Å². The van der Waals surface area contributed by atoms with Gasteiger partial charge in [-0.25, -0.2) is 0 Å². The van der Waals surface area contributed by atoms with Crippen molar-refractivity contribution in [1.82, 2.24) is 0 Å². The van der Waals surface area contributed by atoms with Crippen molar-refractivity contribution in [2.45, 2.75) is 0 Å². The van der Waals surface area contributed by atoms with E-state index in [1.807, 2.05) is 12.1 Å². The Morgan fingerprint density at radius 1 is 0.318 bits per heavy atom. The Bertz CT molecular complexity index is 2300. The second-order valence-electron chi connectivity index (χ2n) is 11.3. The average Bonchev–Trinajstić information content (AvgIpc) is 3.10. The quantitative estimate of drug-likeness (QED) is 0.190. The molecule has 0 aliphatic heterocycles. The maximum Gasteiger partial charge on any atom is 0.118 e. The molecule has 0 aliphatic rings. The van der Waals surface area contributed by atoms with E-state index in [0.29, 0.717) is 0 Å². The fraction of sp³-hybridized carbons (Fsp3) is 0.0233. The SMILES string of the molecule is COc1ccc(-c2ccc3c(-c4ccc5ccccc5c4)c4ccccc4c(-c4cccc(-c5ccccc5)c4)c3c2)cc1. The van der Waals surface area contributed by atoms with E-state index in [9.17, 15) is 0 Å². The Balaban J connectivity index is 1.46. The first-order valence-corrected chi connectivity index (χ1v) is 15.0. The third-order valence-electron chi connectivity index (χ3n) is 8.74. The minimum Gasteiger partial charge on any atom is -0.497 e. The largest absolute Gasteiger partial charge is 0.497 e. The van der Waals surface area contributed by atoms with E-state index >= 15 is 0 Å². The highest BCUT2D eigenvalue weighted by molar-refractivity contribution is 6.22. The molecule has 1 heteroatoms. The normalized spacial score (nSPS) is 11.3. The maximum atomic E-state index is 5.44. The van der Waals surface area contributed by atoms with Crippen molar-refractivity contribution in [3.8, 4) is 50.3 Å². The standard InChI is InChI=1S/C43H30O/c1-44-37-23-20-31(21-24-37)34-22-25-40-41(28-34)43(35-15-9-14-33(26-35)29-10-3-2-4-11-29)39-17-8-7-16-38(39)42(40)36-19-18-30-12-5-6-13-32(30)27-36/h2-28H,1H3. The number of methoxy groups -OCH3 is 1. The van der Waals surface area contributed by atoms with Gasteiger partial charge in [0, 0.05) is 0 Å². The van der Waals surface area contributed by atoms with E-state index in [4.69, 9.17) is 4.74 Å². The molecule has 0 saturated carbocycles. The number of benzene rings is 8. The Morgan fingerprint density at radius 2 is 0.841 bits per heavy atom. The Morgan fingerprint density at radius 3 is 1.61 bits per heavy atom. The van der Waals surface area contributed by atoms with Crippen molar-refractivity contribution in [2.24, 2.45) is 0 Å². The van der Waals surface area contributed by atoms with Gasteiger partial charge in [0.2, 0.25) is 0 Å². The molecule has 0 bridgehead atoms. The predicted molar refractivity (Wildman–Crippen MR) is 187 cm³/mol. The summed E-state index contributed by atoms with van der Waals surface area (Å²) in [5.41, 5.74) is 9.74. The first kappa shape index (κ1) is 26.0. The fourth-order valence-corrected chi connectivity index (χ4v) is 6.59. The molecular weight excluding hydrogens is 532 g/mol. The van der Waals surface area contributed by atoms with E-state index < -0.39 is 0 Å². The van der Waals surface area contributed by atoms with Crippen LogP contribution < -0.4 is 4.74 Å². The van der Waals surface area contributed by atoms with E-state index in [0.717, 1.165) is 11.3 Å². The van der Waals surface area contributed by atoms with E-state index in [1.165, 1.54) is 71.3 Å². The van der Waals surface area contributed by atoms with Gasteiger partial charge in [-0.15, -0.1) is 0 Å². The second kappa shape index (κ2) is 10.9. The van der Waals surface area contributed by atoms with Crippen LogP contribution in [0, 0.1) is 0 Å².